The number of carbonyl (C=O) groups excluding carboxylic acids is 1. The first-order valence-electron chi connectivity index (χ1n) is 6.69. The highest BCUT2D eigenvalue weighted by atomic mass is 35.5. The standard InChI is InChI=1S/C15H18N2OS.ClH/c1-16-8-11-6-7-17(9-11)15(18)13-10-19-14-5-3-2-4-12(13)14;/h2-5,10-11,16H,6-9H2,1H3;1H. The van der Waals surface area contributed by atoms with E-state index in [9.17, 15) is 4.79 Å². The number of nitrogens with one attached hydrogen (secondary N) is 1. The third kappa shape index (κ3) is 2.82. The van der Waals surface area contributed by atoms with E-state index in [0.29, 0.717) is 5.92 Å². The number of carbonyl (C=O) groups is 1. The highest BCUT2D eigenvalue weighted by Crippen LogP contribution is 2.28. The van der Waals surface area contributed by atoms with Crippen molar-refractivity contribution in [1.82, 2.24) is 10.2 Å². The molecule has 1 N–H and O–H groups in total. The largest absolute Gasteiger partial charge is 0.338 e. The van der Waals surface area contributed by atoms with Crippen molar-refractivity contribution in [2.45, 2.75) is 6.42 Å². The van der Waals surface area contributed by atoms with E-state index in [2.05, 4.69) is 11.4 Å². The van der Waals surface area contributed by atoms with Crippen LogP contribution in [-0.2, 0) is 0 Å². The summed E-state index contributed by atoms with van der Waals surface area (Å²) in [5.41, 5.74) is 0.866. The highest BCUT2D eigenvalue weighted by Gasteiger charge is 2.27. The van der Waals surface area contributed by atoms with E-state index in [-0.39, 0.29) is 18.3 Å². The summed E-state index contributed by atoms with van der Waals surface area (Å²) >= 11 is 1.65. The maximum absolute atomic E-state index is 12.6. The predicted octanol–water partition coefficient (Wildman–Crippen LogP) is 3.00. The second-order valence-corrected chi connectivity index (χ2v) is 6.02. The maximum atomic E-state index is 12.6. The van der Waals surface area contributed by atoms with Crippen molar-refractivity contribution >= 4 is 39.7 Å². The van der Waals surface area contributed by atoms with Crippen LogP contribution < -0.4 is 5.32 Å². The van der Waals surface area contributed by atoms with Crippen LogP contribution in [0.4, 0.5) is 0 Å². The van der Waals surface area contributed by atoms with Crippen LogP contribution in [0.5, 0.6) is 0 Å². The summed E-state index contributed by atoms with van der Waals surface area (Å²) in [7, 11) is 1.97. The van der Waals surface area contributed by atoms with E-state index in [0.717, 1.165) is 37.0 Å². The molecule has 1 saturated heterocycles. The molecule has 0 aliphatic carbocycles. The number of hydrogen-bond donors (Lipinski definition) is 1. The number of likely N-dealkylation sites (tertiary alicyclic amines) is 1. The van der Waals surface area contributed by atoms with Crippen molar-refractivity contribution < 1.29 is 4.79 Å². The minimum Gasteiger partial charge on any atom is -0.338 e. The summed E-state index contributed by atoms with van der Waals surface area (Å²) in [6.45, 7) is 2.76. The van der Waals surface area contributed by atoms with E-state index in [1.165, 1.54) is 4.70 Å². The van der Waals surface area contributed by atoms with Gasteiger partial charge in [-0.3, -0.25) is 4.79 Å². The Morgan fingerprint density at radius 3 is 3.05 bits per heavy atom. The molecule has 1 fully saturated rings. The Hall–Kier alpha value is -1.10. The molecule has 1 atom stereocenters. The van der Waals surface area contributed by atoms with Gasteiger partial charge in [0.1, 0.15) is 0 Å². The molecule has 1 aromatic carbocycles. The lowest BCUT2D eigenvalue weighted by Gasteiger charge is -2.16. The number of thiophene rings is 1. The molecule has 1 aliphatic rings. The molecule has 0 saturated carbocycles. The molecule has 2 aromatic rings. The monoisotopic (exact) mass is 310 g/mol. The van der Waals surface area contributed by atoms with Gasteiger partial charge in [-0.1, -0.05) is 18.2 Å². The number of amides is 1. The van der Waals surface area contributed by atoms with Crippen molar-refractivity contribution in [3.05, 3.63) is 35.2 Å². The van der Waals surface area contributed by atoms with E-state index in [4.69, 9.17) is 0 Å². The second-order valence-electron chi connectivity index (χ2n) is 5.11. The smallest absolute Gasteiger partial charge is 0.255 e. The van der Waals surface area contributed by atoms with Gasteiger partial charge in [-0.05, 0) is 32.0 Å². The molecule has 1 aliphatic heterocycles. The average molecular weight is 311 g/mol. The molecule has 5 heteroatoms. The van der Waals surface area contributed by atoms with Crippen molar-refractivity contribution in [3.63, 3.8) is 0 Å². The van der Waals surface area contributed by atoms with Gasteiger partial charge in [0.15, 0.2) is 0 Å². The summed E-state index contributed by atoms with van der Waals surface area (Å²) in [5.74, 6) is 0.787. The van der Waals surface area contributed by atoms with Gasteiger partial charge in [0, 0.05) is 28.6 Å². The summed E-state index contributed by atoms with van der Waals surface area (Å²) in [6.07, 6.45) is 1.11. The molecule has 1 aromatic heterocycles. The van der Waals surface area contributed by atoms with E-state index < -0.39 is 0 Å². The summed E-state index contributed by atoms with van der Waals surface area (Å²) in [6, 6.07) is 8.14. The van der Waals surface area contributed by atoms with E-state index >= 15 is 0 Å². The molecular weight excluding hydrogens is 292 g/mol. The maximum Gasteiger partial charge on any atom is 0.255 e. The van der Waals surface area contributed by atoms with Gasteiger partial charge in [0.05, 0.1) is 5.56 Å². The van der Waals surface area contributed by atoms with Gasteiger partial charge in [-0.2, -0.15) is 0 Å². The summed E-state index contributed by atoms with van der Waals surface area (Å²) in [4.78, 5) is 14.6. The SMILES string of the molecule is CNCC1CCN(C(=O)c2csc3ccccc23)C1.Cl. The van der Waals surface area contributed by atoms with Crippen LogP contribution in [0.25, 0.3) is 10.1 Å². The van der Waals surface area contributed by atoms with Gasteiger partial charge >= 0.3 is 0 Å². The topological polar surface area (TPSA) is 32.3 Å². The van der Waals surface area contributed by atoms with Crippen molar-refractivity contribution in [1.29, 1.82) is 0 Å². The highest BCUT2D eigenvalue weighted by molar-refractivity contribution is 7.17. The first-order valence-corrected chi connectivity index (χ1v) is 7.57. The summed E-state index contributed by atoms with van der Waals surface area (Å²) < 4.78 is 1.19. The minimum absolute atomic E-state index is 0. The third-order valence-corrected chi connectivity index (χ3v) is 4.74. The zero-order valence-corrected chi connectivity index (χ0v) is 13.1. The number of hydrogen-bond acceptors (Lipinski definition) is 3. The fraction of sp³-hybridized carbons (Fsp3) is 0.400. The number of benzene rings is 1. The summed E-state index contributed by atoms with van der Waals surface area (Å²) in [5, 5.41) is 6.29. The Morgan fingerprint density at radius 2 is 2.25 bits per heavy atom. The van der Waals surface area contributed by atoms with Crippen LogP contribution in [0.3, 0.4) is 0 Å². The normalized spacial score (nSPS) is 18.2. The first kappa shape index (κ1) is 15.3. The number of rotatable bonds is 3. The Bertz CT molecular complexity index is 598. The molecule has 20 heavy (non-hydrogen) atoms. The number of fused-ring (bicyclic) bond motifs is 1. The zero-order chi connectivity index (χ0) is 13.2. The Kier molecular flexibility index (Phi) is 5.02. The van der Waals surface area contributed by atoms with Gasteiger partial charge in [0.2, 0.25) is 0 Å². The zero-order valence-electron chi connectivity index (χ0n) is 11.5. The van der Waals surface area contributed by atoms with Crippen LogP contribution >= 0.6 is 23.7 Å². The van der Waals surface area contributed by atoms with E-state index in [1.54, 1.807) is 11.3 Å². The van der Waals surface area contributed by atoms with Crippen molar-refractivity contribution in [2.24, 2.45) is 5.92 Å². The van der Waals surface area contributed by atoms with Gasteiger partial charge < -0.3 is 10.2 Å². The lowest BCUT2D eigenvalue weighted by molar-refractivity contribution is 0.0789. The quantitative estimate of drug-likeness (QED) is 0.945. The Morgan fingerprint density at radius 1 is 1.45 bits per heavy atom. The van der Waals surface area contributed by atoms with Crippen molar-refractivity contribution in [2.75, 3.05) is 26.7 Å². The average Bonchev–Trinajstić information content (AvgIpc) is 3.05. The molecular formula is C15H19ClN2OS. The number of halogens is 1. The predicted molar refractivity (Wildman–Crippen MR) is 87.0 cm³/mol. The lowest BCUT2D eigenvalue weighted by Crippen LogP contribution is -2.30. The Balaban J connectivity index is 0.00000147. The fourth-order valence-corrected chi connectivity index (χ4v) is 3.72. The minimum atomic E-state index is 0. The van der Waals surface area contributed by atoms with E-state index in [1.807, 2.05) is 35.5 Å². The third-order valence-electron chi connectivity index (χ3n) is 3.78. The van der Waals surface area contributed by atoms with Crippen LogP contribution in [0, 0.1) is 5.92 Å². The molecule has 1 unspecified atom stereocenters. The van der Waals surface area contributed by atoms with Crippen LogP contribution in [-0.4, -0.2) is 37.5 Å². The number of nitrogens with zero attached hydrogens (tertiary/aromatic N) is 1. The van der Waals surface area contributed by atoms with Crippen LogP contribution in [0.2, 0.25) is 0 Å². The second kappa shape index (κ2) is 6.57. The van der Waals surface area contributed by atoms with Gasteiger partial charge in [0.25, 0.3) is 5.91 Å². The van der Waals surface area contributed by atoms with Crippen molar-refractivity contribution in [3.8, 4) is 0 Å². The van der Waals surface area contributed by atoms with Gasteiger partial charge in [-0.15, -0.1) is 23.7 Å². The molecule has 0 spiro atoms. The first-order chi connectivity index (χ1) is 9.29. The lowest BCUT2D eigenvalue weighted by atomic mass is 10.1. The molecule has 3 rings (SSSR count). The molecule has 0 radical (unpaired) electrons. The molecule has 0 bridgehead atoms. The molecule has 2 heterocycles. The molecule has 3 nitrogen and oxygen atoms in total. The molecule has 1 amide bonds. The van der Waals surface area contributed by atoms with Gasteiger partial charge in [-0.25, -0.2) is 0 Å². The van der Waals surface area contributed by atoms with Crippen LogP contribution in [0.1, 0.15) is 16.8 Å². The molecule has 108 valence electrons. The fourth-order valence-electron chi connectivity index (χ4n) is 2.79. The van der Waals surface area contributed by atoms with Crippen LogP contribution in [0.15, 0.2) is 29.6 Å². The Labute approximate surface area is 129 Å².